The summed E-state index contributed by atoms with van der Waals surface area (Å²) in [6, 6.07) is 14.6. The second kappa shape index (κ2) is 9.82. The van der Waals surface area contributed by atoms with E-state index in [1.54, 1.807) is 24.3 Å². The standard InChI is InChI=1S/C23H25N3O4/c1-3-15(2)16-8-10-17(11-9-16)24-21(27)14-30-22(28)13-12-20-25-19-7-5-4-6-18(19)23(29)26-20/h4-11,15H,3,12-14H2,1-2H3,(H,24,27)(H,25,26,29)/t15-/m1/s1. The first-order valence-electron chi connectivity index (χ1n) is 9.99. The van der Waals surface area contributed by atoms with Crippen LogP contribution < -0.4 is 10.9 Å². The van der Waals surface area contributed by atoms with Gasteiger partial charge in [-0.15, -0.1) is 0 Å². The van der Waals surface area contributed by atoms with Gasteiger partial charge in [-0.05, 0) is 42.2 Å². The van der Waals surface area contributed by atoms with Crippen LogP contribution in [0, 0.1) is 0 Å². The number of ether oxygens (including phenoxy) is 1. The molecule has 30 heavy (non-hydrogen) atoms. The smallest absolute Gasteiger partial charge is 0.306 e. The van der Waals surface area contributed by atoms with E-state index in [4.69, 9.17) is 4.74 Å². The van der Waals surface area contributed by atoms with E-state index in [1.807, 2.05) is 24.3 Å². The van der Waals surface area contributed by atoms with Crippen molar-refractivity contribution in [2.75, 3.05) is 11.9 Å². The molecule has 1 atom stereocenters. The van der Waals surface area contributed by atoms with Crippen molar-refractivity contribution >= 4 is 28.5 Å². The third kappa shape index (κ3) is 5.53. The summed E-state index contributed by atoms with van der Waals surface area (Å²) in [6.07, 6.45) is 1.28. The number of hydrogen-bond acceptors (Lipinski definition) is 5. The normalized spacial score (nSPS) is 11.8. The number of hydrogen-bond donors (Lipinski definition) is 2. The summed E-state index contributed by atoms with van der Waals surface area (Å²) in [5, 5.41) is 3.20. The Morgan fingerprint density at radius 3 is 2.60 bits per heavy atom. The maximum Gasteiger partial charge on any atom is 0.306 e. The van der Waals surface area contributed by atoms with Crippen LogP contribution in [0.25, 0.3) is 10.9 Å². The average molecular weight is 407 g/mol. The molecule has 7 nitrogen and oxygen atoms in total. The van der Waals surface area contributed by atoms with Gasteiger partial charge >= 0.3 is 5.97 Å². The van der Waals surface area contributed by atoms with Crippen molar-refractivity contribution in [3.05, 3.63) is 70.3 Å². The molecule has 3 rings (SSSR count). The van der Waals surface area contributed by atoms with Crippen LogP contribution in [-0.2, 0) is 20.7 Å². The molecule has 0 fully saturated rings. The number of fused-ring (bicyclic) bond motifs is 1. The lowest BCUT2D eigenvalue weighted by molar-refractivity contribution is -0.147. The summed E-state index contributed by atoms with van der Waals surface area (Å²) in [4.78, 5) is 43.0. The Morgan fingerprint density at radius 1 is 1.13 bits per heavy atom. The molecule has 0 spiro atoms. The van der Waals surface area contributed by atoms with E-state index in [-0.39, 0.29) is 25.0 Å². The molecule has 0 saturated carbocycles. The third-order valence-electron chi connectivity index (χ3n) is 4.97. The highest BCUT2D eigenvalue weighted by Crippen LogP contribution is 2.20. The Hall–Kier alpha value is -3.48. The van der Waals surface area contributed by atoms with Crippen LogP contribution in [0.4, 0.5) is 5.69 Å². The molecule has 7 heteroatoms. The molecule has 2 N–H and O–H groups in total. The van der Waals surface area contributed by atoms with E-state index in [0.717, 1.165) is 6.42 Å². The molecule has 1 amide bonds. The summed E-state index contributed by atoms with van der Waals surface area (Å²) in [7, 11) is 0. The first kappa shape index (κ1) is 21.2. The molecule has 0 radical (unpaired) electrons. The predicted octanol–water partition coefficient (Wildman–Crippen LogP) is 3.55. The molecule has 0 bridgehead atoms. The largest absolute Gasteiger partial charge is 0.456 e. The topological polar surface area (TPSA) is 101 Å². The monoisotopic (exact) mass is 407 g/mol. The zero-order valence-corrected chi connectivity index (χ0v) is 17.1. The number of anilines is 1. The summed E-state index contributed by atoms with van der Waals surface area (Å²) in [5.41, 5.74) is 2.19. The summed E-state index contributed by atoms with van der Waals surface area (Å²) < 4.78 is 5.02. The molecule has 1 aromatic heterocycles. The fourth-order valence-electron chi connectivity index (χ4n) is 3.02. The number of nitrogens with zero attached hydrogens (tertiary/aromatic N) is 1. The van der Waals surface area contributed by atoms with Crippen LogP contribution in [0.5, 0.6) is 0 Å². The fraction of sp³-hybridized carbons (Fsp3) is 0.304. The maximum absolute atomic E-state index is 12.0. The van der Waals surface area contributed by atoms with Gasteiger partial charge in [0.2, 0.25) is 0 Å². The number of benzene rings is 2. The Morgan fingerprint density at radius 2 is 1.87 bits per heavy atom. The molecule has 156 valence electrons. The number of aryl methyl sites for hydroxylation is 1. The van der Waals surface area contributed by atoms with Crippen molar-refractivity contribution in [2.24, 2.45) is 0 Å². The Kier molecular flexibility index (Phi) is 6.95. The molecule has 0 aliphatic heterocycles. The highest BCUT2D eigenvalue weighted by atomic mass is 16.5. The summed E-state index contributed by atoms with van der Waals surface area (Å²) in [5.74, 6) is -0.0748. The minimum absolute atomic E-state index is 0.0121. The van der Waals surface area contributed by atoms with E-state index < -0.39 is 11.9 Å². The van der Waals surface area contributed by atoms with Crippen LogP contribution in [0.1, 0.15) is 44.0 Å². The van der Waals surface area contributed by atoms with Crippen molar-refractivity contribution in [3.63, 3.8) is 0 Å². The Bertz CT molecular complexity index is 1090. The van der Waals surface area contributed by atoms with Crippen LogP contribution in [0.2, 0.25) is 0 Å². The van der Waals surface area contributed by atoms with E-state index >= 15 is 0 Å². The summed E-state index contributed by atoms with van der Waals surface area (Å²) >= 11 is 0. The van der Waals surface area contributed by atoms with Crippen molar-refractivity contribution in [3.8, 4) is 0 Å². The van der Waals surface area contributed by atoms with Crippen molar-refractivity contribution in [1.82, 2.24) is 9.97 Å². The number of para-hydroxylation sites is 1. The quantitative estimate of drug-likeness (QED) is 0.556. The number of nitrogens with one attached hydrogen (secondary N) is 2. The van der Waals surface area contributed by atoms with Gasteiger partial charge in [0.05, 0.1) is 17.3 Å². The molecular weight excluding hydrogens is 382 g/mol. The van der Waals surface area contributed by atoms with Crippen molar-refractivity contribution < 1.29 is 14.3 Å². The van der Waals surface area contributed by atoms with Crippen molar-refractivity contribution in [1.29, 1.82) is 0 Å². The lowest BCUT2D eigenvalue weighted by atomic mass is 9.99. The second-order valence-corrected chi connectivity index (χ2v) is 7.17. The maximum atomic E-state index is 12.0. The van der Waals surface area contributed by atoms with Gasteiger partial charge in [-0.1, -0.05) is 38.1 Å². The number of amides is 1. The van der Waals surface area contributed by atoms with Crippen LogP contribution in [0.3, 0.4) is 0 Å². The highest BCUT2D eigenvalue weighted by Gasteiger charge is 2.11. The fourth-order valence-corrected chi connectivity index (χ4v) is 3.02. The molecule has 0 saturated heterocycles. The zero-order valence-electron chi connectivity index (χ0n) is 17.1. The number of carbonyl (C=O) groups is 2. The highest BCUT2D eigenvalue weighted by molar-refractivity contribution is 5.92. The van der Waals surface area contributed by atoms with Gasteiger partial charge in [-0.2, -0.15) is 0 Å². The zero-order chi connectivity index (χ0) is 21.5. The third-order valence-corrected chi connectivity index (χ3v) is 4.97. The van der Waals surface area contributed by atoms with Crippen LogP contribution >= 0.6 is 0 Å². The average Bonchev–Trinajstić information content (AvgIpc) is 2.76. The molecule has 0 aliphatic rings. The van der Waals surface area contributed by atoms with Gasteiger partial charge in [0, 0.05) is 12.1 Å². The van der Waals surface area contributed by atoms with Gasteiger partial charge in [0.25, 0.3) is 11.5 Å². The lowest BCUT2D eigenvalue weighted by Crippen LogP contribution is -2.21. The SMILES string of the molecule is CC[C@@H](C)c1ccc(NC(=O)COC(=O)CCc2nc3ccccc3c(=O)[nH]2)cc1. The predicted molar refractivity (Wildman–Crippen MR) is 115 cm³/mol. The van der Waals surface area contributed by atoms with Crippen LogP contribution in [-0.4, -0.2) is 28.5 Å². The number of carbonyl (C=O) groups excluding carboxylic acids is 2. The first-order chi connectivity index (χ1) is 14.5. The van der Waals surface area contributed by atoms with E-state index in [0.29, 0.717) is 28.3 Å². The number of esters is 1. The molecule has 0 aliphatic carbocycles. The van der Waals surface area contributed by atoms with Crippen LogP contribution in [0.15, 0.2) is 53.3 Å². The number of aromatic amines is 1. The Labute approximate surface area is 174 Å². The minimum Gasteiger partial charge on any atom is -0.456 e. The van der Waals surface area contributed by atoms with Gasteiger partial charge in [-0.25, -0.2) is 4.98 Å². The van der Waals surface area contributed by atoms with E-state index in [9.17, 15) is 14.4 Å². The molecular formula is C23H25N3O4. The lowest BCUT2D eigenvalue weighted by Gasteiger charge is -2.10. The number of H-pyrrole nitrogens is 1. The van der Waals surface area contributed by atoms with Gasteiger partial charge in [-0.3, -0.25) is 14.4 Å². The van der Waals surface area contributed by atoms with Gasteiger partial charge in [0.15, 0.2) is 6.61 Å². The van der Waals surface area contributed by atoms with E-state index in [2.05, 4.69) is 29.1 Å². The van der Waals surface area contributed by atoms with E-state index in [1.165, 1.54) is 5.56 Å². The molecule has 3 aromatic rings. The van der Waals surface area contributed by atoms with Crippen molar-refractivity contribution in [2.45, 2.75) is 39.0 Å². The first-order valence-corrected chi connectivity index (χ1v) is 9.99. The molecule has 2 aromatic carbocycles. The summed E-state index contributed by atoms with van der Waals surface area (Å²) in [6.45, 7) is 3.91. The number of rotatable bonds is 8. The number of aromatic nitrogens is 2. The van der Waals surface area contributed by atoms with Gasteiger partial charge in [0.1, 0.15) is 5.82 Å². The van der Waals surface area contributed by atoms with Gasteiger partial charge < -0.3 is 15.0 Å². The molecule has 0 unspecified atom stereocenters. The molecule has 1 heterocycles. The second-order valence-electron chi connectivity index (χ2n) is 7.17. The Balaban J connectivity index is 1.46. The minimum atomic E-state index is -0.534.